The molecule has 0 aromatic heterocycles. The zero-order valence-electron chi connectivity index (χ0n) is 18.5. The summed E-state index contributed by atoms with van der Waals surface area (Å²) in [5.41, 5.74) is 4.05. The van der Waals surface area contributed by atoms with Crippen LogP contribution in [-0.4, -0.2) is 48.9 Å². The van der Waals surface area contributed by atoms with Crippen LogP contribution in [0.3, 0.4) is 0 Å². The quantitative estimate of drug-likeness (QED) is 0.535. The van der Waals surface area contributed by atoms with E-state index in [-0.39, 0.29) is 11.7 Å². The molecule has 32 heavy (non-hydrogen) atoms. The van der Waals surface area contributed by atoms with Crippen molar-refractivity contribution in [1.82, 2.24) is 4.90 Å². The van der Waals surface area contributed by atoms with Crippen LogP contribution in [0.5, 0.6) is 5.75 Å². The molecule has 0 aliphatic carbocycles. The number of anilines is 1. The van der Waals surface area contributed by atoms with Gasteiger partial charge in [0.2, 0.25) is 0 Å². The second-order valence-electron chi connectivity index (χ2n) is 8.07. The van der Waals surface area contributed by atoms with Gasteiger partial charge in [-0.3, -0.25) is 9.59 Å². The summed E-state index contributed by atoms with van der Waals surface area (Å²) in [6, 6.07) is 25.7. The molecule has 4 rings (SSSR count). The average molecular weight is 429 g/mol. The highest BCUT2D eigenvalue weighted by molar-refractivity contribution is 5.94. The minimum absolute atomic E-state index is 0.00344. The van der Waals surface area contributed by atoms with Crippen LogP contribution in [0.15, 0.2) is 78.9 Å². The topological polar surface area (TPSA) is 49.9 Å². The molecule has 0 bridgehead atoms. The predicted octanol–water partition coefficient (Wildman–Crippen LogP) is 4.67. The average Bonchev–Trinajstić information content (AvgIpc) is 2.85. The van der Waals surface area contributed by atoms with E-state index < -0.39 is 6.10 Å². The number of hydrogen-bond donors (Lipinski definition) is 0. The van der Waals surface area contributed by atoms with Crippen molar-refractivity contribution in [3.63, 3.8) is 0 Å². The van der Waals surface area contributed by atoms with Gasteiger partial charge in [-0.15, -0.1) is 0 Å². The molecule has 164 valence electrons. The van der Waals surface area contributed by atoms with Gasteiger partial charge >= 0.3 is 0 Å². The molecule has 0 saturated carbocycles. The first kappa shape index (κ1) is 21.6. The van der Waals surface area contributed by atoms with Crippen LogP contribution in [0, 0.1) is 0 Å². The van der Waals surface area contributed by atoms with Gasteiger partial charge in [0.25, 0.3) is 5.91 Å². The summed E-state index contributed by atoms with van der Waals surface area (Å²) in [6.07, 6.45) is -0.543. The molecule has 1 amide bonds. The normalized spacial score (nSPS) is 14.7. The summed E-state index contributed by atoms with van der Waals surface area (Å²) in [7, 11) is 0. The molecule has 5 nitrogen and oxygen atoms in total. The summed E-state index contributed by atoms with van der Waals surface area (Å²) >= 11 is 0. The Labute approximate surface area is 189 Å². The molecule has 1 heterocycles. The van der Waals surface area contributed by atoms with Crippen molar-refractivity contribution in [2.75, 3.05) is 31.1 Å². The number of carbonyl (C=O) groups excluding carboxylic acids is 2. The summed E-state index contributed by atoms with van der Waals surface area (Å²) in [6.45, 7) is 6.18. The summed E-state index contributed by atoms with van der Waals surface area (Å²) in [5.74, 6) is 0.758. The second kappa shape index (κ2) is 9.69. The summed E-state index contributed by atoms with van der Waals surface area (Å²) in [4.78, 5) is 28.5. The number of carbonyl (C=O) groups is 2. The molecule has 5 heteroatoms. The van der Waals surface area contributed by atoms with Crippen LogP contribution in [0.4, 0.5) is 5.69 Å². The zero-order chi connectivity index (χ0) is 22.5. The third-order valence-electron chi connectivity index (χ3n) is 5.85. The number of hydrogen-bond acceptors (Lipinski definition) is 4. The summed E-state index contributed by atoms with van der Waals surface area (Å²) < 4.78 is 5.93. The van der Waals surface area contributed by atoms with E-state index >= 15 is 0 Å². The Balaban J connectivity index is 1.30. The van der Waals surface area contributed by atoms with Crippen LogP contribution in [0.2, 0.25) is 0 Å². The standard InChI is InChI=1S/C27H28N2O3/c1-20(30)22-8-12-25(13-9-22)28-16-18-29(19-17-28)27(31)21(2)32-26-14-10-24(11-15-26)23-6-4-3-5-7-23/h3-15,21H,16-19H2,1-2H3. The van der Waals surface area contributed by atoms with Gasteiger partial charge in [0.1, 0.15) is 5.75 Å². The minimum Gasteiger partial charge on any atom is -0.481 e. The lowest BCUT2D eigenvalue weighted by molar-refractivity contribution is -0.138. The van der Waals surface area contributed by atoms with Gasteiger partial charge in [0, 0.05) is 37.4 Å². The third-order valence-corrected chi connectivity index (χ3v) is 5.85. The number of rotatable bonds is 6. The first-order chi connectivity index (χ1) is 15.5. The Morgan fingerprint density at radius 2 is 1.38 bits per heavy atom. The lowest BCUT2D eigenvalue weighted by Gasteiger charge is -2.37. The van der Waals surface area contributed by atoms with Gasteiger partial charge < -0.3 is 14.5 Å². The Hall–Kier alpha value is -3.60. The smallest absolute Gasteiger partial charge is 0.263 e. The van der Waals surface area contributed by atoms with Crippen molar-refractivity contribution in [3.05, 3.63) is 84.4 Å². The van der Waals surface area contributed by atoms with E-state index in [2.05, 4.69) is 17.0 Å². The van der Waals surface area contributed by atoms with Crippen molar-refractivity contribution < 1.29 is 14.3 Å². The van der Waals surface area contributed by atoms with E-state index in [0.29, 0.717) is 24.4 Å². The molecule has 0 N–H and O–H groups in total. The maximum absolute atomic E-state index is 12.9. The van der Waals surface area contributed by atoms with Crippen LogP contribution in [0.1, 0.15) is 24.2 Å². The number of amides is 1. The minimum atomic E-state index is -0.543. The molecular weight excluding hydrogens is 400 g/mol. The molecule has 0 spiro atoms. The van der Waals surface area contributed by atoms with Crippen LogP contribution in [-0.2, 0) is 4.79 Å². The highest BCUT2D eigenvalue weighted by Gasteiger charge is 2.26. The van der Waals surface area contributed by atoms with Gasteiger partial charge in [-0.1, -0.05) is 42.5 Å². The molecule has 3 aromatic carbocycles. The van der Waals surface area contributed by atoms with Gasteiger partial charge in [-0.25, -0.2) is 0 Å². The van der Waals surface area contributed by atoms with E-state index in [9.17, 15) is 9.59 Å². The zero-order valence-corrected chi connectivity index (χ0v) is 18.5. The van der Waals surface area contributed by atoms with Crippen LogP contribution < -0.4 is 9.64 Å². The van der Waals surface area contributed by atoms with Crippen molar-refractivity contribution in [1.29, 1.82) is 0 Å². The van der Waals surface area contributed by atoms with E-state index in [1.54, 1.807) is 13.8 Å². The molecule has 1 saturated heterocycles. The van der Waals surface area contributed by atoms with Crippen molar-refractivity contribution >= 4 is 17.4 Å². The number of nitrogens with zero attached hydrogens (tertiary/aromatic N) is 2. The maximum Gasteiger partial charge on any atom is 0.263 e. The van der Waals surface area contributed by atoms with Crippen molar-refractivity contribution in [3.8, 4) is 16.9 Å². The van der Waals surface area contributed by atoms with Gasteiger partial charge in [0.05, 0.1) is 0 Å². The van der Waals surface area contributed by atoms with E-state index in [1.165, 1.54) is 0 Å². The number of piperazine rings is 1. The van der Waals surface area contributed by atoms with E-state index in [1.807, 2.05) is 71.6 Å². The molecule has 1 atom stereocenters. The number of ketones is 1. The Morgan fingerprint density at radius 3 is 1.97 bits per heavy atom. The summed E-state index contributed by atoms with van der Waals surface area (Å²) in [5, 5.41) is 0. The molecule has 1 fully saturated rings. The first-order valence-electron chi connectivity index (χ1n) is 11.0. The van der Waals surface area contributed by atoms with Crippen LogP contribution in [0.25, 0.3) is 11.1 Å². The SMILES string of the molecule is CC(=O)c1ccc(N2CCN(C(=O)C(C)Oc3ccc(-c4ccccc4)cc3)CC2)cc1. The lowest BCUT2D eigenvalue weighted by Crippen LogP contribution is -2.52. The third kappa shape index (κ3) is 4.99. The molecule has 1 unspecified atom stereocenters. The molecular formula is C27H28N2O3. The first-order valence-corrected chi connectivity index (χ1v) is 11.0. The predicted molar refractivity (Wildman–Crippen MR) is 127 cm³/mol. The van der Waals surface area contributed by atoms with Crippen molar-refractivity contribution in [2.24, 2.45) is 0 Å². The molecule has 1 aliphatic heterocycles. The largest absolute Gasteiger partial charge is 0.481 e. The van der Waals surface area contributed by atoms with E-state index in [0.717, 1.165) is 29.9 Å². The van der Waals surface area contributed by atoms with Gasteiger partial charge in [-0.2, -0.15) is 0 Å². The maximum atomic E-state index is 12.9. The van der Waals surface area contributed by atoms with Crippen molar-refractivity contribution in [2.45, 2.75) is 20.0 Å². The fourth-order valence-electron chi connectivity index (χ4n) is 3.96. The molecule has 0 radical (unpaired) electrons. The lowest BCUT2D eigenvalue weighted by atomic mass is 10.1. The molecule has 3 aromatic rings. The Bertz CT molecular complexity index is 1050. The highest BCUT2D eigenvalue weighted by Crippen LogP contribution is 2.23. The van der Waals surface area contributed by atoms with Crippen LogP contribution >= 0.6 is 0 Å². The fraction of sp³-hybridized carbons (Fsp3) is 0.259. The van der Waals surface area contributed by atoms with E-state index in [4.69, 9.17) is 4.74 Å². The second-order valence-corrected chi connectivity index (χ2v) is 8.07. The van der Waals surface area contributed by atoms with Gasteiger partial charge in [0.15, 0.2) is 11.9 Å². The Kier molecular flexibility index (Phi) is 6.55. The highest BCUT2D eigenvalue weighted by atomic mass is 16.5. The Morgan fingerprint density at radius 1 is 0.781 bits per heavy atom. The molecule has 1 aliphatic rings. The number of ether oxygens (including phenoxy) is 1. The number of Topliss-reactive ketones (excluding diaryl/α,β-unsaturated/α-hetero) is 1. The fourth-order valence-corrected chi connectivity index (χ4v) is 3.96. The number of benzene rings is 3. The van der Waals surface area contributed by atoms with Gasteiger partial charge in [-0.05, 0) is 61.4 Å². The monoisotopic (exact) mass is 428 g/mol.